The molecular weight excluding hydrogens is 537 g/mol. The molecule has 3 N–H and O–H groups in total. The zero-order valence-electron chi connectivity index (χ0n) is 20.3. The number of methoxy groups -OCH3 is 1. The summed E-state index contributed by atoms with van der Waals surface area (Å²) >= 11 is 7.20. The summed E-state index contributed by atoms with van der Waals surface area (Å²) in [6.45, 7) is 1.47. The second-order valence-corrected chi connectivity index (χ2v) is 10.1. The first kappa shape index (κ1) is 29.3. The van der Waals surface area contributed by atoms with E-state index in [1.165, 1.54) is 0 Å². The van der Waals surface area contributed by atoms with Crippen LogP contribution in [0.15, 0.2) is 16.5 Å². The lowest BCUT2D eigenvalue weighted by Gasteiger charge is -2.34. The molecule has 37 heavy (non-hydrogen) atoms. The molecule has 0 spiro atoms. The van der Waals surface area contributed by atoms with E-state index in [2.05, 4.69) is 19.9 Å². The van der Waals surface area contributed by atoms with Crippen LogP contribution in [-0.2, 0) is 20.9 Å². The highest BCUT2D eigenvalue weighted by atomic mass is 35.5. The van der Waals surface area contributed by atoms with E-state index in [0.717, 1.165) is 51.9 Å². The molecule has 1 aromatic carbocycles. The van der Waals surface area contributed by atoms with E-state index in [-0.39, 0.29) is 12.6 Å². The standard InChI is InChI=1S/C23H30ClF3N4O5S/c1-35-21(33)23(24)19(36-13-15-16(25)7-8-17(26)18(15)27)30-37-20(23)29-22(34)28-9-3-5-11-31-10-4-2-6-14(31)12-32/h7-8,14,20,32H,2-6,9-13H2,1H3,(H2,28,29,34). The Morgan fingerprint density at radius 2 is 2.03 bits per heavy atom. The summed E-state index contributed by atoms with van der Waals surface area (Å²) < 4.78 is 55.4. The molecule has 0 aromatic heterocycles. The van der Waals surface area contributed by atoms with Gasteiger partial charge in [0.2, 0.25) is 10.8 Å². The summed E-state index contributed by atoms with van der Waals surface area (Å²) in [5, 5.41) is 13.6. The van der Waals surface area contributed by atoms with Crippen LogP contribution in [-0.4, -0.2) is 77.5 Å². The average Bonchev–Trinajstić information content (AvgIpc) is 3.21. The molecule has 3 rings (SSSR count). The van der Waals surface area contributed by atoms with Gasteiger partial charge < -0.3 is 25.2 Å². The molecule has 2 aliphatic heterocycles. The number of rotatable bonds is 10. The molecule has 0 saturated carbocycles. The van der Waals surface area contributed by atoms with Crippen LogP contribution < -0.4 is 10.6 Å². The lowest BCUT2D eigenvalue weighted by Crippen LogP contribution is -2.56. The minimum Gasteiger partial charge on any atom is -0.473 e. The van der Waals surface area contributed by atoms with Crippen LogP contribution in [0.3, 0.4) is 0 Å². The zero-order valence-corrected chi connectivity index (χ0v) is 21.8. The van der Waals surface area contributed by atoms with Gasteiger partial charge in [-0.15, -0.1) is 0 Å². The van der Waals surface area contributed by atoms with Crippen LogP contribution in [0.2, 0.25) is 0 Å². The van der Waals surface area contributed by atoms with Crippen LogP contribution >= 0.6 is 23.5 Å². The van der Waals surface area contributed by atoms with E-state index in [1.54, 1.807) is 0 Å². The number of esters is 1. The SMILES string of the molecule is COC(=O)C1(Cl)C(OCc2c(F)ccc(F)c2F)=NSC1NC(=O)NCCCCN1CCCCC1CO. The number of likely N-dealkylation sites (tertiary alicyclic amines) is 1. The van der Waals surface area contributed by atoms with Crippen molar-refractivity contribution in [2.75, 3.05) is 33.4 Å². The Labute approximate surface area is 222 Å². The van der Waals surface area contributed by atoms with Crippen molar-refractivity contribution in [3.8, 4) is 0 Å². The van der Waals surface area contributed by atoms with Crippen LogP contribution in [0.25, 0.3) is 0 Å². The van der Waals surface area contributed by atoms with Crippen molar-refractivity contribution in [1.29, 1.82) is 0 Å². The Kier molecular flexibility index (Phi) is 10.7. The number of unbranched alkanes of at least 4 members (excludes halogenated alkanes) is 1. The van der Waals surface area contributed by atoms with Crippen LogP contribution in [0.5, 0.6) is 0 Å². The second kappa shape index (κ2) is 13.5. The minimum absolute atomic E-state index is 0.139. The fraction of sp³-hybridized carbons (Fsp3) is 0.609. The number of nitrogens with zero attached hydrogens (tertiary/aromatic N) is 2. The third kappa shape index (κ3) is 7.01. The summed E-state index contributed by atoms with van der Waals surface area (Å²) in [5.41, 5.74) is -0.708. The molecule has 0 radical (unpaired) electrons. The van der Waals surface area contributed by atoms with Gasteiger partial charge in [0.1, 0.15) is 17.8 Å². The maximum Gasteiger partial charge on any atom is 0.339 e. The summed E-state index contributed by atoms with van der Waals surface area (Å²) in [4.78, 5) is 25.1. The van der Waals surface area contributed by atoms with Gasteiger partial charge in [0.05, 0.1) is 19.3 Å². The fourth-order valence-electron chi connectivity index (χ4n) is 4.17. The quantitative estimate of drug-likeness (QED) is 0.131. The number of hydrogen-bond acceptors (Lipinski definition) is 8. The van der Waals surface area contributed by atoms with E-state index in [4.69, 9.17) is 21.1 Å². The molecule has 1 saturated heterocycles. The number of nitrogens with one attached hydrogen (secondary N) is 2. The smallest absolute Gasteiger partial charge is 0.339 e. The molecule has 0 aliphatic carbocycles. The molecule has 2 aliphatic rings. The van der Waals surface area contributed by atoms with Crippen LogP contribution in [0.1, 0.15) is 37.7 Å². The minimum atomic E-state index is -2.12. The topological polar surface area (TPSA) is 112 Å². The van der Waals surface area contributed by atoms with Gasteiger partial charge in [0.25, 0.3) is 0 Å². The summed E-state index contributed by atoms with van der Waals surface area (Å²) in [7, 11) is 1.07. The van der Waals surface area contributed by atoms with E-state index >= 15 is 0 Å². The highest BCUT2D eigenvalue weighted by Gasteiger charge is 2.57. The van der Waals surface area contributed by atoms with Crippen molar-refractivity contribution in [2.24, 2.45) is 4.40 Å². The first-order valence-corrected chi connectivity index (χ1v) is 13.1. The Hall–Kier alpha value is -2.22. The van der Waals surface area contributed by atoms with E-state index in [0.29, 0.717) is 31.0 Å². The Bertz CT molecular complexity index is 1010. The number of ether oxygens (including phenoxy) is 2. The highest BCUT2D eigenvalue weighted by Crippen LogP contribution is 2.39. The largest absolute Gasteiger partial charge is 0.473 e. The molecule has 1 aromatic rings. The number of carbonyl (C=O) groups is 2. The Morgan fingerprint density at radius 3 is 2.76 bits per heavy atom. The van der Waals surface area contributed by atoms with E-state index in [1.807, 2.05) is 0 Å². The first-order chi connectivity index (χ1) is 17.7. The zero-order chi connectivity index (χ0) is 27.0. The van der Waals surface area contributed by atoms with E-state index in [9.17, 15) is 27.9 Å². The average molecular weight is 567 g/mol. The third-order valence-corrected chi connectivity index (χ3v) is 7.88. The number of amides is 2. The molecule has 1 fully saturated rings. The first-order valence-electron chi connectivity index (χ1n) is 11.9. The maximum absolute atomic E-state index is 14.0. The maximum atomic E-state index is 14.0. The molecule has 9 nitrogen and oxygen atoms in total. The fourth-order valence-corrected chi connectivity index (χ4v) is 5.46. The number of aliphatic hydroxyl groups excluding tert-OH is 1. The normalized spacial score (nSPS) is 23.9. The molecule has 2 heterocycles. The third-order valence-electron chi connectivity index (χ3n) is 6.27. The number of benzene rings is 1. The molecular formula is C23H30ClF3N4O5S. The number of carbonyl (C=O) groups excluding carboxylic acids is 2. The van der Waals surface area contributed by atoms with Gasteiger partial charge in [-0.1, -0.05) is 18.0 Å². The summed E-state index contributed by atoms with van der Waals surface area (Å²) in [6.07, 6.45) is 4.72. The summed E-state index contributed by atoms with van der Waals surface area (Å²) in [6, 6.07) is 0.944. The monoisotopic (exact) mass is 566 g/mol. The number of halogens is 4. The lowest BCUT2D eigenvalue weighted by molar-refractivity contribution is -0.142. The van der Waals surface area contributed by atoms with Gasteiger partial charge >= 0.3 is 12.0 Å². The van der Waals surface area contributed by atoms with Gasteiger partial charge in [-0.2, -0.15) is 4.40 Å². The number of piperidine rings is 1. The predicted octanol–water partition coefficient (Wildman–Crippen LogP) is 3.08. The van der Waals surface area contributed by atoms with Gasteiger partial charge in [-0.25, -0.2) is 22.8 Å². The van der Waals surface area contributed by atoms with Crippen molar-refractivity contribution in [2.45, 2.75) is 55.0 Å². The number of alkyl halides is 1. The van der Waals surface area contributed by atoms with Gasteiger partial charge in [0.15, 0.2) is 11.6 Å². The second-order valence-electron chi connectivity index (χ2n) is 8.67. The number of hydrogen-bond donors (Lipinski definition) is 3. The molecule has 14 heteroatoms. The number of urea groups is 1. The Balaban J connectivity index is 1.51. The summed E-state index contributed by atoms with van der Waals surface area (Å²) in [5.74, 6) is -5.22. The van der Waals surface area contributed by atoms with Crippen molar-refractivity contribution in [3.05, 3.63) is 35.1 Å². The van der Waals surface area contributed by atoms with Crippen molar-refractivity contribution >= 4 is 41.4 Å². The van der Waals surface area contributed by atoms with Gasteiger partial charge in [0, 0.05) is 24.5 Å². The highest BCUT2D eigenvalue weighted by molar-refractivity contribution is 7.99. The van der Waals surface area contributed by atoms with Gasteiger partial charge in [-0.05, 0) is 50.9 Å². The molecule has 206 valence electrons. The van der Waals surface area contributed by atoms with Crippen molar-refractivity contribution < 1.29 is 37.3 Å². The molecule has 3 unspecified atom stereocenters. The lowest BCUT2D eigenvalue weighted by atomic mass is 10.0. The van der Waals surface area contributed by atoms with E-state index < -0.39 is 57.8 Å². The predicted molar refractivity (Wildman–Crippen MR) is 133 cm³/mol. The van der Waals surface area contributed by atoms with Crippen LogP contribution in [0.4, 0.5) is 18.0 Å². The number of aliphatic hydroxyl groups is 1. The van der Waals surface area contributed by atoms with Crippen molar-refractivity contribution in [3.63, 3.8) is 0 Å². The molecule has 3 atom stereocenters. The van der Waals surface area contributed by atoms with Crippen LogP contribution in [0, 0.1) is 17.5 Å². The van der Waals surface area contributed by atoms with Gasteiger partial charge in [-0.3, -0.25) is 4.90 Å². The Morgan fingerprint density at radius 1 is 1.27 bits per heavy atom. The molecule has 0 bridgehead atoms. The molecule has 2 amide bonds. The van der Waals surface area contributed by atoms with Crippen molar-refractivity contribution in [1.82, 2.24) is 15.5 Å².